The third kappa shape index (κ3) is 6.78. The van der Waals surface area contributed by atoms with Gasteiger partial charge in [-0.05, 0) is 35.9 Å². The van der Waals surface area contributed by atoms with Crippen molar-refractivity contribution in [2.75, 3.05) is 27.2 Å². The Kier molecular flexibility index (Phi) is 9.70. The Hall–Kier alpha value is -1.28. The lowest BCUT2D eigenvalue weighted by Crippen LogP contribution is -2.39. The standard InChI is InChI=1S/C17H23N3OS.HI/c1-18-17(20-12-10-15-7-5-13-22-15)19-11-9-14-6-3-4-8-16(14)21-2;/h3-8,13H,9-12H2,1-2H3,(H2,18,19,20);1H. The van der Waals surface area contributed by atoms with Crippen molar-refractivity contribution < 1.29 is 4.74 Å². The van der Waals surface area contributed by atoms with E-state index in [-0.39, 0.29) is 24.0 Å². The molecule has 23 heavy (non-hydrogen) atoms. The van der Waals surface area contributed by atoms with E-state index in [9.17, 15) is 0 Å². The van der Waals surface area contributed by atoms with E-state index in [0.29, 0.717) is 0 Å². The highest BCUT2D eigenvalue weighted by atomic mass is 127. The maximum absolute atomic E-state index is 5.36. The number of rotatable bonds is 7. The van der Waals surface area contributed by atoms with E-state index < -0.39 is 0 Å². The predicted molar refractivity (Wildman–Crippen MR) is 110 cm³/mol. The molecule has 0 saturated heterocycles. The van der Waals surface area contributed by atoms with Crippen molar-refractivity contribution >= 4 is 41.3 Å². The molecule has 0 radical (unpaired) electrons. The fraction of sp³-hybridized carbons (Fsp3) is 0.353. The SMILES string of the molecule is CN=C(NCCc1cccs1)NCCc1ccccc1OC.I. The fourth-order valence-corrected chi connectivity index (χ4v) is 2.91. The van der Waals surface area contributed by atoms with E-state index >= 15 is 0 Å². The first-order valence-corrected chi connectivity index (χ1v) is 8.30. The molecule has 0 bridgehead atoms. The number of halogens is 1. The smallest absolute Gasteiger partial charge is 0.190 e. The molecule has 0 aliphatic carbocycles. The predicted octanol–water partition coefficient (Wildman–Crippen LogP) is 3.32. The van der Waals surface area contributed by atoms with Crippen LogP contribution < -0.4 is 15.4 Å². The molecule has 126 valence electrons. The highest BCUT2D eigenvalue weighted by Gasteiger charge is 2.02. The summed E-state index contributed by atoms with van der Waals surface area (Å²) < 4.78 is 5.36. The Labute approximate surface area is 159 Å². The second-order valence-corrected chi connectivity index (χ2v) is 5.85. The van der Waals surface area contributed by atoms with E-state index in [1.807, 2.05) is 18.2 Å². The molecule has 2 aromatic rings. The van der Waals surface area contributed by atoms with Gasteiger partial charge in [-0.25, -0.2) is 0 Å². The van der Waals surface area contributed by atoms with Crippen LogP contribution in [0.1, 0.15) is 10.4 Å². The maximum Gasteiger partial charge on any atom is 0.190 e. The van der Waals surface area contributed by atoms with Crippen molar-refractivity contribution in [2.45, 2.75) is 12.8 Å². The van der Waals surface area contributed by atoms with Crippen molar-refractivity contribution in [1.82, 2.24) is 10.6 Å². The number of thiophene rings is 1. The molecule has 1 aromatic heterocycles. The van der Waals surface area contributed by atoms with Gasteiger partial charge in [0, 0.05) is 25.0 Å². The molecule has 2 rings (SSSR count). The molecule has 1 heterocycles. The third-order valence-electron chi connectivity index (χ3n) is 3.35. The van der Waals surface area contributed by atoms with Crippen LogP contribution in [0.5, 0.6) is 5.75 Å². The average Bonchev–Trinajstić information content (AvgIpc) is 3.07. The number of para-hydroxylation sites is 1. The highest BCUT2D eigenvalue weighted by molar-refractivity contribution is 14.0. The van der Waals surface area contributed by atoms with Gasteiger partial charge < -0.3 is 15.4 Å². The minimum absolute atomic E-state index is 0. The van der Waals surface area contributed by atoms with Crippen LogP contribution in [0.25, 0.3) is 0 Å². The number of aliphatic imine (C=N–C) groups is 1. The van der Waals surface area contributed by atoms with E-state index in [1.165, 1.54) is 10.4 Å². The Balaban J connectivity index is 0.00000264. The Bertz CT molecular complexity index is 587. The van der Waals surface area contributed by atoms with Crippen LogP contribution in [-0.4, -0.2) is 33.2 Å². The van der Waals surface area contributed by atoms with Crippen molar-refractivity contribution in [3.05, 3.63) is 52.2 Å². The summed E-state index contributed by atoms with van der Waals surface area (Å²) in [5.41, 5.74) is 1.20. The van der Waals surface area contributed by atoms with Gasteiger partial charge in [-0.2, -0.15) is 0 Å². The van der Waals surface area contributed by atoms with Crippen molar-refractivity contribution in [1.29, 1.82) is 0 Å². The van der Waals surface area contributed by atoms with Gasteiger partial charge in [0.1, 0.15) is 5.75 Å². The molecule has 0 spiro atoms. The number of nitrogens with one attached hydrogen (secondary N) is 2. The molecule has 0 atom stereocenters. The summed E-state index contributed by atoms with van der Waals surface area (Å²) in [5, 5.41) is 8.78. The number of hydrogen-bond acceptors (Lipinski definition) is 3. The molecular formula is C17H24IN3OS. The summed E-state index contributed by atoms with van der Waals surface area (Å²) in [7, 11) is 3.50. The topological polar surface area (TPSA) is 45.7 Å². The summed E-state index contributed by atoms with van der Waals surface area (Å²) in [6.45, 7) is 1.70. The monoisotopic (exact) mass is 445 g/mol. The van der Waals surface area contributed by atoms with E-state index in [4.69, 9.17) is 4.74 Å². The van der Waals surface area contributed by atoms with Crippen LogP contribution in [0.4, 0.5) is 0 Å². The Morgan fingerprint density at radius 2 is 1.83 bits per heavy atom. The lowest BCUT2D eigenvalue weighted by Gasteiger charge is -2.12. The minimum Gasteiger partial charge on any atom is -0.496 e. The molecule has 0 aliphatic rings. The molecule has 0 unspecified atom stereocenters. The van der Waals surface area contributed by atoms with E-state index in [0.717, 1.165) is 37.6 Å². The first kappa shape index (κ1) is 19.8. The zero-order chi connectivity index (χ0) is 15.6. The minimum atomic E-state index is 0. The second-order valence-electron chi connectivity index (χ2n) is 4.82. The van der Waals surface area contributed by atoms with Crippen LogP contribution in [0, 0.1) is 0 Å². The van der Waals surface area contributed by atoms with Gasteiger partial charge in [-0.1, -0.05) is 24.3 Å². The number of benzene rings is 1. The van der Waals surface area contributed by atoms with Gasteiger partial charge in [0.25, 0.3) is 0 Å². The Morgan fingerprint density at radius 3 is 2.48 bits per heavy atom. The van der Waals surface area contributed by atoms with Crippen molar-refractivity contribution in [3.8, 4) is 5.75 Å². The van der Waals surface area contributed by atoms with Gasteiger partial charge in [-0.15, -0.1) is 35.3 Å². The Morgan fingerprint density at radius 1 is 1.09 bits per heavy atom. The number of nitrogens with zero attached hydrogens (tertiary/aromatic N) is 1. The van der Waals surface area contributed by atoms with E-state index in [2.05, 4.69) is 39.2 Å². The van der Waals surface area contributed by atoms with Crippen molar-refractivity contribution in [2.24, 2.45) is 4.99 Å². The molecule has 0 fully saturated rings. The summed E-state index contributed by atoms with van der Waals surface area (Å²) in [6.07, 6.45) is 1.92. The molecule has 1 aromatic carbocycles. The molecular weight excluding hydrogens is 421 g/mol. The lowest BCUT2D eigenvalue weighted by atomic mass is 10.1. The molecule has 2 N–H and O–H groups in total. The van der Waals surface area contributed by atoms with Gasteiger partial charge >= 0.3 is 0 Å². The molecule has 6 heteroatoms. The first-order chi connectivity index (χ1) is 10.8. The van der Waals surface area contributed by atoms with Crippen LogP contribution in [0.3, 0.4) is 0 Å². The van der Waals surface area contributed by atoms with Gasteiger partial charge in [0.15, 0.2) is 5.96 Å². The normalized spacial score (nSPS) is 10.8. The van der Waals surface area contributed by atoms with Gasteiger partial charge in [-0.3, -0.25) is 4.99 Å². The van der Waals surface area contributed by atoms with Crippen LogP contribution in [0.15, 0.2) is 46.8 Å². The summed E-state index contributed by atoms with van der Waals surface area (Å²) in [4.78, 5) is 5.63. The second kappa shape index (κ2) is 11.3. The first-order valence-electron chi connectivity index (χ1n) is 7.42. The quantitative estimate of drug-likeness (QED) is 0.391. The summed E-state index contributed by atoms with van der Waals surface area (Å²) in [6, 6.07) is 12.3. The van der Waals surface area contributed by atoms with Crippen LogP contribution >= 0.6 is 35.3 Å². The molecule has 4 nitrogen and oxygen atoms in total. The average molecular weight is 445 g/mol. The van der Waals surface area contributed by atoms with Crippen molar-refractivity contribution in [3.63, 3.8) is 0 Å². The van der Waals surface area contributed by atoms with E-state index in [1.54, 1.807) is 25.5 Å². The van der Waals surface area contributed by atoms with Gasteiger partial charge in [0.2, 0.25) is 0 Å². The highest BCUT2D eigenvalue weighted by Crippen LogP contribution is 2.17. The maximum atomic E-state index is 5.36. The lowest BCUT2D eigenvalue weighted by molar-refractivity contribution is 0.409. The molecule has 0 aliphatic heterocycles. The zero-order valence-corrected chi connectivity index (χ0v) is 16.7. The number of methoxy groups -OCH3 is 1. The zero-order valence-electron chi connectivity index (χ0n) is 13.5. The number of hydrogen-bond donors (Lipinski definition) is 2. The largest absolute Gasteiger partial charge is 0.496 e. The van der Waals surface area contributed by atoms with Crippen LogP contribution in [-0.2, 0) is 12.8 Å². The number of ether oxygens (including phenoxy) is 1. The third-order valence-corrected chi connectivity index (χ3v) is 4.28. The molecule has 0 saturated carbocycles. The summed E-state index contributed by atoms with van der Waals surface area (Å²) >= 11 is 1.79. The van der Waals surface area contributed by atoms with Gasteiger partial charge in [0.05, 0.1) is 7.11 Å². The summed E-state index contributed by atoms with van der Waals surface area (Å²) in [5.74, 6) is 1.77. The molecule has 0 amide bonds. The number of guanidine groups is 1. The van der Waals surface area contributed by atoms with Crippen LogP contribution in [0.2, 0.25) is 0 Å². The fourth-order valence-electron chi connectivity index (χ4n) is 2.20.